The van der Waals surface area contributed by atoms with Crippen molar-refractivity contribution in [3.05, 3.63) is 24.0 Å². The van der Waals surface area contributed by atoms with Crippen LogP contribution in [0.2, 0.25) is 0 Å². The molecule has 1 fully saturated rings. The highest BCUT2D eigenvalue weighted by Gasteiger charge is 2.33. The number of carbonyl (C=O) groups is 2. The topological polar surface area (TPSA) is 71.5 Å². The number of thioether (sulfide) groups is 1. The Morgan fingerprint density at radius 2 is 2.10 bits per heavy atom. The number of hydrogen-bond donors (Lipinski definition) is 0. The summed E-state index contributed by atoms with van der Waals surface area (Å²) in [5, 5.41) is -0.351. The third-order valence-electron chi connectivity index (χ3n) is 3.06. The highest BCUT2D eigenvalue weighted by atomic mass is 32.2. The molecular formula is C13H14FNO4S2. The lowest BCUT2D eigenvalue weighted by Gasteiger charge is -2.18. The van der Waals surface area contributed by atoms with Gasteiger partial charge in [-0.3, -0.25) is 9.59 Å². The minimum atomic E-state index is -3.49. The Labute approximate surface area is 126 Å². The molecule has 1 aromatic carbocycles. The molecule has 2 rings (SSSR count). The fourth-order valence-corrected chi connectivity index (χ4v) is 3.71. The average Bonchev–Trinajstić information content (AvgIpc) is 2.68. The summed E-state index contributed by atoms with van der Waals surface area (Å²) >= 11 is 1.04. The smallest absolute Gasteiger partial charge is 0.228 e. The van der Waals surface area contributed by atoms with Gasteiger partial charge in [-0.05, 0) is 18.2 Å². The Balaban J connectivity index is 2.34. The van der Waals surface area contributed by atoms with Gasteiger partial charge in [-0.1, -0.05) is 11.8 Å². The Bertz CT molecular complexity index is 702. The standard InChI is InChI=1S/C13H14FNO4S2/c1-8(16)20-9-5-13(17)15(7-9)12-6-10(21(2,18)19)3-4-11(12)14/h3-4,6,9H,5,7H2,1-2H3. The summed E-state index contributed by atoms with van der Waals surface area (Å²) < 4.78 is 37.0. The Morgan fingerprint density at radius 3 is 2.67 bits per heavy atom. The van der Waals surface area contributed by atoms with E-state index in [1.807, 2.05) is 0 Å². The van der Waals surface area contributed by atoms with Crippen molar-refractivity contribution in [2.45, 2.75) is 23.5 Å². The van der Waals surface area contributed by atoms with Crippen LogP contribution >= 0.6 is 11.8 Å². The van der Waals surface area contributed by atoms with Gasteiger partial charge in [-0.25, -0.2) is 12.8 Å². The molecule has 0 aliphatic carbocycles. The number of anilines is 1. The molecule has 0 radical (unpaired) electrons. The number of benzene rings is 1. The van der Waals surface area contributed by atoms with E-state index in [1.165, 1.54) is 11.8 Å². The monoisotopic (exact) mass is 331 g/mol. The molecule has 0 saturated carbocycles. The second-order valence-electron chi connectivity index (χ2n) is 4.83. The second-order valence-corrected chi connectivity index (χ2v) is 8.32. The maximum Gasteiger partial charge on any atom is 0.228 e. The van der Waals surface area contributed by atoms with Gasteiger partial charge in [-0.2, -0.15) is 0 Å². The lowest BCUT2D eigenvalue weighted by atomic mass is 10.3. The van der Waals surface area contributed by atoms with Crippen LogP contribution in [0.1, 0.15) is 13.3 Å². The van der Waals surface area contributed by atoms with Gasteiger partial charge in [0.05, 0.1) is 10.6 Å². The predicted molar refractivity (Wildman–Crippen MR) is 78.5 cm³/mol. The largest absolute Gasteiger partial charge is 0.308 e. The Kier molecular flexibility index (Phi) is 4.38. The third-order valence-corrected chi connectivity index (χ3v) is 5.15. The summed E-state index contributed by atoms with van der Waals surface area (Å²) in [5.41, 5.74) is -0.0606. The highest BCUT2D eigenvalue weighted by molar-refractivity contribution is 8.14. The molecule has 21 heavy (non-hydrogen) atoms. The summed E-state index contributed by atoms with van der Waals surface area (Å²) in [5.74, 6) is -0.984. The van der Waals surface area contributed by atoms with E-state index >= 15 is 0 Å². The summed E-state index contributed by atoms with van der Waals surface area (Å²) in [7, 11) is -3.49. The van der Waals surface area contributed by atoms with E-state index in [4.69, 9.17) is 0 Å². The molecular weight excluding hydrogens is 317 g/mol. The second kappa shape index (κ2) is 5.76. The fraction of sp³-hybridized carbons (Fsp3) is 0.385. The Hall–Kier alpha value is -1.41. The summed E-state index contributed by atoms with van der Waals surface area (Å²) in [6, 6.07) is 3.35. The van der Waals surface area contributed by atoms with Crippen molar-refractivity contribution >= 4 is 38.3 Å². The van der Waals surface area contributed by atoms with E-state index in [-0.39, 0.29) is 39.8 Å². The molecule has 1 unspecified atom stereocenters. The van der Waals surface area contributed by atoms with Crippen LogP contribution in [0, 0.1) is 5.82 Å². The minimum Gasteiger partial charge on any atom is -0.308 e. The molecule has 1 aliphatic rings. The maximum atomic E-state index is 13.9. The van der Waals surface area contributed by atoms with Crippen LogP contribution in [0.25, 0.3) is 0 Å². The lowest BCUT2D eigenvalue weighted by molar-refractivity contribution is -0.117. The molecule has 0 N–H and O–H groups in total. The van der Waals surface area contributed by atoms with Gasteiger partial charge in [0.25, 0.3) is 0 Å². The number of halogens is 1. The maximum absolute atomic E-state index is 13.9. The number of nitrogens with zero attached hydrogens (tertiary/aromatic N) is 1. The number of amides is 1. The van der Waals surface area contributed by atoms with Crippen LogP contribution < -0.4 is 4.90 Å². The minimum absolute atomic E-state index is 0.0469. The lowest BCUT2D eigenvalue weighted by Crippen LogP contribution is -2.26. The van der Waals surface area contributed by atoms with E-state index in [0.29, 0.717) is 0 Å². The molecule has 1 heterocycles. The molecule has 114 valence electrons. The van der Waals surface area contributed by atoms with Crippen LogP contribution in [-0.2, 0) is 19.4 Å². The molecule has 0 spiro atoms. The first kappa shape index (κ1) is 16.0. The number of carbonyl (C=O) groups excluding carboxylic acids is 2. The zero-order valence-electron chi connectivity index (χ0n) is 11.5. The zero-order valence-corrected chi connectivity index (χ0v) is 13.1. The molecule has 1 aromatic rings. The Morgan fingerprint density at radius 1 is 1.43 bits per heavy atom. The normalized spacial score (nSPS) is 19.1. The fourth-order valence-electron chi connectivity index (χ4n) is 2.15. The van der Waals surface area contributed by atoms with Crippen molar-refractivity contribution in [2.24, 2.45) is 0 Å². The molecule has 1 saturated heterocycles. The quantitative estimate of drug-likeness (QED) is 0.787. The van der Waals surface area contributed by atoms with Crippen LogP contribution in [0.15, 0.2) is 23.1 Å². The molecule has 1 aliphatic heterocycles. The first-order chi connectivity index (χ1) is 9.68. The number of hydrogen-bond acceptors (Lipinski definition) is 5. The van der Waals surface area contributed by atoms with E-state index < -0.39 is 15.7 Å². The molecule has 1 amide bonds. The van der Waals surface area contributed by atoms with Gasteiger partial charge in [-0.15, -0.1) is 0 Å². The zero-order chi connectivity index (χ0) is 15.8. The molecule has 0 bridgehead atoms. The van der Waals surface area contributed by atoms with E-state index in [1.54, 1.807) is 0 Å². The van der Waals surface area contributed by atoms with Gasteiger partial charge in [0.2, 0.25) is 5.91 Å². The first-order valence-electron chi connectivity index (χ1n) is 6.15. The molecule has 8 heteroatoms. The first-order valence-corrected chi connectivity index (χ1v) is 8.93. The van der Waals surface area contributed by atoms with Gasteiger partial charge in [0, 0.05) is 31.4 Å². The molecule has 5 nitrogen and oxygen atoms in total. The average molecular weight is 331 g/mol. The van der Waals surface area contributed by atoms with E-state index in [9.17, 15) is 22.4 Å². The van der Waals surface area contributed by atoms with Crippen molar-refractivity contribution in [1.82, 2.24) is 0 Å². The van der Waals surface area contributed by atoms with Crippen LogP contribution in [-0.4, -0.2) is 37.5 Å². The highest BCUT2D eigenvalue weighted by Crippen LogP contribution is 2.31. The summed E-state index contributed by atoms with van der Waals surface area (Å²) in [4.78, 5) is 24.2. The molecule has 0 aromatic heterocycles. The molecule has 1 atom stereocenters. The van der Waals surface area contributed by atoms with Gasteiger partial charge in [0.1, 0.15) is 5.82 Å². The summed E-state index contributed by atoms with van der Waals surface area (Å²) in [6.07, 6.45) is 1.15. The predicted octanol–water partition coefficient (Wildman–Crippen LogP) is 1.61. The van der Waals surface area contributed by atoms with Crippen molar-refractivity contribution in [2.75, 3.05) is 17.7 Å². The van der Waals surface area contributed by atoms with Crippen molar-refractivity contribution < 1.29 is 22.4 Å². The van der Waals surface area contributed by atoms with Gasteiger partial charge < -0.3 is 4.90 Å². The van der Waals surface area contributed by atoms with E-state index in [2.05, 4.69) is 0 Å². The van der Waals surface area contributed by atoms with Crippen molar-refractivity contribution in [3.63, 3.8) is 0 Å². The van der Waals surface area contributed by atoms with E-state index in [0.717, 1.165) is 36.2 Å². The summed E-state index contributed by atoms with van der Waals surface area (Å²) in [6.45, 7) is 1.59. The third kappa shape index (κ3) is 3.62. The number of sulfone groups is 1. The van der Waals surface area contributed by atoms with Gasteiger partial charge >= 0.3 is 0 Å². The number of rotatable bonds is 3. The van der Waals surface area contributed by atoms with Crippen molar-refractivity contribution in [3.8, 4) is 0 Å². The van der Waals surface area contributed by atoms with Crippen LogP contribution in [0.4, 0.5) is 10.1 Å². The van der Waals surface area contributed by atoms with Crippen LogP contribution in [0.5, 0.6) is 0 Å². The van der Waals surface area contributed by atoms with Crippen molar-refractivity contribution in [1.29, 1.82) is 0 Å². The van der Waals surface area contributed by atoms with Gasteiger partial charge in [0.15, 0.2) is 15.0 Å². The van der Waals surface area contributed by atoms with Crippen LogP contribution in [0.3, 0.4) is 0 Å². The SMILES string of the molecule is CC(=O)SC1CC(=O)N(c2cc(S(C)(=O)=O)ccc2F)C1.